The lowest BCUT2D eigenvalue weighted by Crippen LogP contribution is -2.07. The molecule has 0 bridgehead atoms. The van der Waals surface area contributed by atoms with E-state index >= 15 is 0 Å². The van der Waals surface area contributed by atoms with Crippen molar-refractivity contribution in [2.75, 3.05) is 5.73 Å². The van der Waals surface area contributed by atoms with Crippen LogP contribution in [0, 0.1) is 6.92 Å². The Morgan fingerprint density at radius 2 is 2.06 bits per heavy atom. The lowest BCUT2D eigenvalue weighted by atomic mass is 10.1. The first-order valence-electron chi connectivity index (χ1n) is 5.34. The number of rotatable bonds is 2. The molecular weight excluding hydrogens is 238 g/mol. The van der Waals surface area contributed by atoms with Gasteiger partial charge < -0.3 is 5.73 Å². The van der Waals surface area contributed by atoms with E-state index in [1.165, 1.54) is 4.68 Å². The van der Waals surface area contributed by atoms with Gasteiger partial charge in [-0.2, -0.15) is 0 Å². The molecule has 0 aliphatic carbocycles. The fourth-order valence-corrected chi connectivity index (χ4v) is 1.57. The largest absolute Gasteiger partial charge is 0.381 e. The fourth-order valence-electron chi connectivity index (χ4n) is 1.44. The molecule has 2 aromatic heterocycles. The van der Waals surface area contributed by atoms with Gasteiger partial charge in [-0.3, -0.25) is 0 Å². The van der Waals surface area contributed by atoms with Crippen molar-refractivity contribution in [3.05, 3.63) is 28.7 Å². The summed E-state index contributed by atoms with van der Waals surface area (Å²) in [5.41, 5.74) is 7.46. The van der Waals surface area contributed by atoms with Crippen molar-refractivity contribution in [1.29, 1.82) is 0 Å². The maximum absolute atomic E-state index is 5.86. The number of halogens is 1. The molecule has 0 saturated carbocycles. The standard InChI is InChI=1S/C11H14ClN5/c1-6(2)9-4-7(3)14-11(15-9)17-5-8(12)10(13)16-17/h4-6H,1-3H3,(H2,13,16). The predicted octanol–water partition coefficient (Wildman–Crippen LogP) is 2.33. The topological polar surface area (TPSA) is 69.6 Å². The molecule has 0 radical (unpaired) electrons. The predicted molar refractivity (Wildman–Crippen MR) is 67.4 cm³/mol. The molecule has 0 aliphatic heterocycles. The third-order valence-electron chi connectivity index (χ3n) is 2.35. The average molecular weight is 252 g/mol. The molecule has 2 rings (SSSR count). The second-order valence-electron chi connectivity index (χ2n) is 4.20. The van der Waals surface area contributed by atoms with E-state index in [0.717, 1.165) is 11.4 Å². The lowest BCUT2D eigenvalue weighted by Gasteiger charge is -2.07. The minimum absolute atomic E-state index is 0.280. The van der Waals surface area contributed by atoms with Crippen molar-refractivity contribution in [3.8, 4) is 5.95 Å². The molecular formula is C11H14ClN5. The van der Waals surface area contributed by atoms with Gasteiger partial charge in [0.2, 0.25) is 0 Å². The highest BCUT2D eigenvalue weighted by Gasteiger charge is 2.10. The van der Waals surface area contributed by atoms with E-state index in [1.807, 2.05) is 13.0 Å². The van der Waals surface area contributed by atoms with Crippen molar-refractivity contribution in [1.82, 2.24) is 19.7 Å². The zero-order chi connectivity index (χ0) is 12.6. The van der Waals surface area contributed by atoms with Crippen LogP contribution < -0.4 is 5.73 Å². The van der Waals surface area contributed by atoms with Gasteiger partial charge in [0.1, 0.15) is 5.02 Å². The number of nitrogen functional groups attached to an aromatic ring is 1. The molecule has 0 aromatic carbocycles. The highest BCUT2D eigenvalue weighted by atomic mass is 35.5. The van der Waals surface area contributed by atoms with Gasteiger partial charge in [0, 0.05) is 11.4 Å². The molecule has 0 unspecified atom stereocenters. The van der Waals surface area contributed by atoms with Gasteiger partial charge in [-0.25, -0.2) is 14.6 Å². The normalized spacial score (nSPS) is 11.1. The zero-order valence-electron chi connectivity index (χ0n) is 9.98. The monoisotopic (exact) mass is 251 g/mol. The Bertz CT molecular complexity index is 527. The highest BCUT2D eigenvalue weighted by Crippen LogP contribution is 2.19. The third kappa shape index (κ3) is 2.39. The van der Waals surface area contributed by atoms with Crippen LogP contribution in [0.5, 0.6) is 0 Å². The van der Waals surface area contributed by atoms with E-state index in [4.69, 9.17) is 17.3 Å². The average Bonchev–Trinajstić information content (AvgIpc) is 2.58. The lowest BCUT2D eigenvalue weighted by molar-refractivity contribution is 0.752. The van der Waals surface area contributed by atoms with Crippen LogP contribution in [0.3, 0.4) is 0 Å². The number of nitrogens with two attached hydrogens (primary N) is 1. The SMILES string of the molecule is Cc1cc(C(C)C)nc(-n2cc(Cl)c(N)n2)n1. The first kappa shape index (κ1) is 11.9. The van der Waals surface area contributed by atoms with Gasteiger partial charge in [0.15, 0.2) is 5.82 Å². The first-order chi connectivity index (χ1) is 7.97. The van der Waals surface area contributed by atoms with Crippen molar-refractivity contribution in [2.24, 2.45) is 0 Å². The Balaban J connectivity index is 2.51. The number of hydrogen-bond acceptors (Lipinski definition) is 4. The number of hydrogen-bond donors (Lipinski definition) is 1. The van der Waals surface area contributed by atoms with E-state index in [0.29, 0.717) is 16.9 Å². The molecule has 0 fully saturated rings. The van der Waals surface area contributed by atoms with Crippen LogP contribution in [0.1, 0.15) is 31.2 Å². The second-order valence-corrected chi connectivity index (χ2v) is 4.60. The molecule has 5 nitrogen and oxygen atoms in total. The minimum atomic E-state index is 0.280. The molecule has 90 valence electrons. The summed E-state index contributed by atoms with van der Waals surface area (Å²) in [7, 11) is 0. The summed E-state index contributed by atoms with van der Waals surface area (Å²) in [4.78, 5) is 8.75. The van der Waals surface area contributed by atoms with E-state index in [9.17, 15) is 0 Å². The Morgan fingerprint density at radius 1 is 1.35 bits per heavy atom. The summed E-state index contributed by atoms with van der Waals surface area (Å²) >= 11 is 5.86. The van der Waals surface area contributed by atoms with Crippen molar-refractivity contribution in [2.45, 2.75) is 26.7 Å². The van der Waals surface area contributed by atoms with Gasteiger partial charge in [0.05, 0.1) is 6.20 Å². The van der Waals surface area contributed by atoms with Gasteiger partial charge in [-0.05, 0) is 18.9 Å². The van der Waals surface area contributed by atoms with E-state index < -0.39 is 0 Å². The Labute approximate surface area is 105 Å². The molecule has 2 N–H and O–H groups in total. The maximum Gasteiger partial charge on any atom is 0.251 e. The third-order valence-corrected chi connectivity index (χ3v) is 2.65. The molecule has 6 heteroatoms. The maximum atomic E-state index is 5.86. The number of aromatic nitrogens is 4. The second kappa shape index (κ2) is 4.33. The summed E-state index contributed by atoms with van der Waals surface area (Å²) in [5, 5.41) is 4.46. The molecule has 2 aromatic rings. The van der Waals surface area contributed by atoms with E-state index in [-0.39, 0.29) is 5.82 Å². The quantitative estimate of drug-likeness (QED) is 0.889. The molecule has 0 aliphatic rings. The summed E-state index contributed by atoms with van der Waals surface area (Å²) < 4.78 is 1.50. The highest BCUT2D eigenvalue weighted by molar-refractivity contribution is 6.32. The number of aryl methyl sites for hydroxylation is 1. The van der Waals surface area contributed by atoms with Gasteiger partial charge in [0.25, 0.3) is 5.95 Å². The van der Waals surface area contributed by atoms with Gasteiger partial charge in [-0.15, -0.1) is 5.10 Å². The molecule has 0 atom stereocenters. The summed E-state index contributed by atoms with van der Waals surface area (Å²) in [5.74, 6) is 1.11. The fraction of sp³-hybridized carbons (Fsp3) is 0.364. The Hall–Kier alpha value is -1.62. The smallest absolute Gasteiger partial charge is 0.251 e. The Kier molecular flexibility index (Phi) is 3.02. The minimum Gasteiger partial charge on any atom is -0.381 e. The van der Waals surface area contributed by atoms with Crippen LogP contribution in [0.15, 0.2) is 12.3 Å². The number of anilines is 1. The molecule has 0 amide bonds. The van der Waals surface area contributed by atoms with Crippen LogP contribution in [0.25, 0.3) is 5.95 Å². The first-order valence-corrected chi connectivity index (χ1v) is 5.71. The summed E-state index contributed by atoms with van der Waals surface area (Å²) in [6, 6.07) is 1.96. The Morgan fingerprint density at radius 3 is 2.59 bits per heavy atom. The van der Waals surface area contributed by atoms with Crippen LogP contribution in [0.4, 0.5) is 5.82 Å². The zero-order valence-corrected chi connectivity index (χ0v) is 10.7. The van der Waals surface area contributed by atoms with Crippen molar-refractivity contribution in [3.63, 3.8) is 0 Å². The van der Waals surface area contributed by atoms with Crippen LogP contribution in [-0.4, -0.2) is 19.7 Å². The van der Waals surface area contributed by atoms with Gasteiger partial charge in [-0.1, -0.05) is 25.4 Å². The molecule has 0 spiro atoms. The van der Waals surface area contributed by atoms with Crippen molar-refractivity contribution < 1.29 is 0 Å². The van der Waals surface area contributed by atoms with Crippen molar-refractivity contribution >= 4 is 17.4 Å². The van der Waals surface area contributed by atoms with Crippen LogP contribution in [-0.2, 0) is 0 Å². The molecule has 17 heavy (non-hydrogen) atoms. The number of nitrogens with zero attached hydrogens (tertiary/aromatic N) is 4. The summed E-state index contributed by atoms with van der Waals surface area (Å²) in [6.45, 7) is 6.08. The molecule has 2 heterocycles. The summed E-state index contributed by atoms with van der Waals surface area (Å²) in [6.07, 6.45) is 1.61. The van der Waals surface area contributed by atoms with E-state index in [2.05, 4.69) is 28.9 Å². The molecule has 0 saturated heterocycles. The van der Waals surface area contributed by atoms with Crippen LogP contribution >= 0.6 is 11.6 Å². The van der Waals surface area contributed by atoms with Crippen LogP contribution in [0.2, 0.25) is 5.02 Å². The van der Waals surface area contributed by atoms with E-state index in [1.54, 1.807) is 6.20 Å². The van der Waals surface area contributed by atoms with Gasteiger partial charge >= 0.3 is 0 Å².